The van der Waals surface area contributed by atoms with E-state index in [9.17, 15) is 4.79 Å². The summed E-state index contributed by atoms with van der Waals surface area (Å²) in [6.45, 7) is 0.874. The highest BCUT2D eigenvalue weighted by Crippen LogP contribution is 2.13. The summed E-state index contributed by atoms with van der Waals surface area (Å²) in [5.74, 6) is 0.247. The molecule has 1 fully saturated rings. The maximum absolute atomic E-state index is 11.3. The minimum Gasteiger partial charge on any atom is -0.381 e. The van der Waals surface area contributed by atoms with Gasteiger partial charge in [-0.15, -0.1) is 0 Å². The first-order valence-corrected chi connectivity index (χ1v) is 4.51. The highest BCUT2D eigenvalue weighted by Gasteiger charge is 2.16. The molecule has 3 heteroatoms. The van der Waals surface area contributed by atoms with Gasteiger partial charge in [-0.25, -0.2) is 0 Å². The first-order valence-electron chi connectivity index (χ1n) is 4.51. The molecule has 0 aliphatic carbocycles. The molecule has 1 atom stereocenters. The van der Waals surface area contributed by atoms with Crippen LogP contribution in [0.2, 0.25) is 0 Å². The van der Waals surface area contributed by atoms with Crippen molar-refractivity contribution in [1.29, 1.82) is 0 Å². The summed E-state index contributed by atoms with van der Waals surface area (Å²) < 4.78 is 5.24. The number of hydrogen-bond donors (Lipinski definition) is 0. The minimum atomic E-state index is 0.247. The van der Waals surface area contributed by atoms with E-state index < -0.39 is 0 Å². The van der Waals surface area contributed by atoms with Crippen LogP contribution < -0.4 is 0 Å². The molecule has 1 aliphatic heterocycles. The number of likely N-dealkylation sites (tertiary alicyclic amines) is 1. The fourth-order valence-electron chi connectivity index (χ4n) is 1.54. The van der Waals surface area contributed by atoms with E-state index in [2.05, 4.69) is 0 Å². The predicted octanol–water partition coefficient (Wildman–Crippen LogP) is 1.03. The lowest BCUT2D eigenvalue weighted by molar-refractivity contribution is -0.131. The highest BCUT2D eigenvalue weighted by molar-refractivity contribution is 5.75. The number of carbonyl (C=O) groups is 1. The van der Waals surface area contributed by atoms with Gasteiger partial charge in [-0.1, -0.05) is 0 Å². The van der Waals surface area contributed by atoms with Crippen molar-refractivity contribution in [3.63, 3.8) is 0 Å². The summed E-state index contributed by atoms with van der Waals surface area (Å²) >= 11 is 0. The molecule has 12 heavy (non-hydrogen) atoms. The molecule has 1 rings (SSSR count). The molecular formula is C9H17NO2. The van der Waals surface area contributed by atoms with Gasteiger partial charge < -0.3 is 9.64 Å². The monoisotopic (exact) mass is 171 g/mol. The lowest BCUT2D eigenvalue weighted by atomic mass is 10.1. The van der Waals surface area contributed by atoms with E-state index in [1.807, 2.05) is 11.9 Å². The van der Waals surface area contributed by atoms with Crippen LogP contribution in [-0.4, -0.2) is 37.6 Å². The maximum atomic E-state index is 11.3. The zero-order chi connectivity index (χ0) is 8.97. The van der Waals surface area contributed by atoms with Gasteiger partial charge in [-0.2, -0.15) is 0 Å². The zero-order valence-electron chi connectivity index (χ0n) is 7.88. The SMILES string of the molecule is COC1CCCN(C)C(=O)CC1. The Hall–Kier alpha value is -0.570. The molecular weight excluding hydrogens is 154 g/mol. The van der Waals surface area contributed by atoms with Crippen LogP contribution in [0.1, 0.15) is 25.7 Å². The van der Waals surface area contributed by atoms with Gasteiger partial charge in [0, 0.05) is 27.1 Å². The normalized spacial score (nSPS) is 26.7. The molecule has 1 saturated heterocycles. The van der Waals surface area contributed by atoms with Crippen LogP contribution in [0.5, 0.6) is 0 Å². The maximum Gasteiger partial charge on any atom is 0.222 e. The molecule has 3 nitrogen and oxygen atoms in total. The third-order valence-corrected chi connectivity index (χ3v) is 2.46. The molecule has 0 bridgehead atoms. The predicted molar refractivity (Wildman–Crippen MR) is 46.9 cm³/mol. The van der Waals surface area contributed by atoms with Gasteiger partial charge in [0.05, 0.1) is 6.10 Å². The fourth-order valence-corrected chi connectivity index (χ4v) is 1.54. The van der Waals surface area contributed by atoms with Gasteiger partial charge in [-0.05, 0) is 19.3 Å². The molecule has 1 amide bonds. The first kappa shape index (κ1) is 9.52. The second kappa shape index (κ2) is 4.45. The third-order valence-electron chi connectivity index (χ3n) is 2.46. The molecule has 0 spiro atoms. The number of amides is 1. The number of carbonyl (C=O) groups excluding carboxylic acids is 1. The number of ether oxygens (including phenoxy) is 1. The molecule has 1 heterocycles. The van der Waals surface area contributed by atoms with Gasteiger partial charge in [0.1, 0.15) is 0 Å². The lowest BCUT2D eigenvalue weighted by Gasteiger charge is -2.23. The van der Waals surface area contributed by atoms with E-state index in [0.717, 1.165) is 25.8 Å². The first-order chi connectivity index (χ1) is 5.74. The van der Waals surface area contributed by atoms with Crippen molar-refractivity contribution in [2.45, 2.75) is 31.8 Å². The van der Waals surface area contributed by atoms with E-state index in [1.165, 1.54) is 0 Å². The average Bonchev–Trinajstić information content (AvgIpc) is 2.07. The van der Waals surface area contributed by atoms with E-state index in [1.54, 1.807) is 7.11 Å². The summed E-state index contributed by atoms with van der Waals surface area (Å²) in [6, 6.07) is 0. The summed E-state index contributed by atoms with van der Waals surface area (Å²) in [5.41, 5.74) is 0. The number of methoxy groups -OCH3 is 1. The Morgan fingerprint density at radius 2 is 2.25 bits per heavy atom. The summed E-state index contributed by atoms with van der Waals surface area (Å²) in [5, 5.41) is 0. The van der Waals surface area contributed by atoms with Crippen LogP contribution in [-0.2, 0) is 9.53 Å². The topological polar surface area (TPSA) is 29.5 Å². The molecule has 1 aliphatic rings. The van der Waals surface area contributed by atoms with E-state index in [0.29, 0.717) is 12.5 Å². The Bertz CT molecular complexity index is 159. The van der Waals surface area contributed by atoms with Gasteiger partial charge in [-0.3, -0.25) is 4.79 Å². The lowest BCUT2D eigenvalue weighted by Crippen LogP contribution is -2.31. The van der Waals surface area contributed by atoms with Gasteiger partial charge in [0.25, 0.3) is 0 Å². The Morgan fingerprint density at radius 3 is 2.92 bits per heavy atom. The van der Waals surface area contributed by atoms with Crippen molar-refractivity contribution >= 4 is 5.91 Å². The van der Waals surface area contributed by atoms with E-state index >= 15 is 0 Å². The van der Waals surface area contributed by atoms with Crippen molar-refractivity contribution in [1.82, 2.24) is 4.90 Å². The molecule has 0 aromatic heterocycles. The van der Waals surface area contributed by atoms with Crippen molar-refractivity contribution in [2.75, 3.05) is 20.7 Å². The zero-order valence-corrected chi connectivity index (χ0v) is 7.88. The minimum absolute atomic E-state index is 0.247. The van der Waals surface area contributed by atoms with E-state index in [4.69, 9.17) is 4.74 Å². The van der Waals surface area contributed by atoms with Crippen LogP contribution in [0, 0.1) is 0 Å². The quantitative estimate of drug-likeness (QED) is 0.590. The molecule has 70 valence electrons. The molecule has 1 unspecified atom stereocenters. The molecule has 0 N–H and O–H groups in total. The standard InChI is InChI=1S/C9H17NO2/c1-10-7-3-4-8(12-2)5-6-9(10)11/h8H,3-7H2,1-2H3. The molecule has 0 saturated carbocycles. The second-order valence-electron chi connectivity index (χ2n) is 3.35. The Morgan fingerprint density at radius 1 is 1.50 bits per heavy atom. The highest BCUT2D eigenvalue weighted by atomic mass is 16.5. The second-order valence-corrected chi connectivity index (χ2v) is 3.35. The average molecular weight is 171 g/mol. The van der Waals surface area contributed by atoms with Crippen LogP contribution in [0.25, 0.3) is 0 Å². The van der Waals surface area contributed by atoms with Crippen LogP contribution in [0.15, 0.2) is 0 Å². The van der Waals surface area contributed by atoms with Gasteiger partial charge in [0.2, 0.25) is 5.91 Å². The van der Waals surface area contributed by atoms with Crippen LogP contribution >= 0.6 is 0 Å². The van der Waals surface area contributed by atoms with Crippen LogP contribution in [0.4, 0.5) is 0 Å². The summed E-state index contributed by atoms with van der Waals surface area (Å²) in [6.07, 6.45) is 3.94. The summed E-state index contributed by atoms with van der Waals surface area (Å²) in [4.78, 5) is 13.1. The number of rotatable bonds is 1. The van der Waals surface area contributed by atoms with Crippen molar-refractivity contribution in [3.05, 3.63) is 0 Å². The molecule has 0 radical (unpaired) electrons. The van der Waals surface area contributed by atoms with Gasteiger partial charge >= 0.3 is 0 Å². The Balaban J connectivity index is 2.40. The largest absolute Gasteiger partial charge is 0.381 e. The molecule has 0 aromatic rings. The summed E-state index contributed by atoms with van der Waals surface area (Å²) in [7, 11) is 3.59. The third kappa shape index (κ3) is 2.48. The number of hydrogen-bond acceptors (Lipinski definition) is 2. The fraction of sp³-hybridized carbons (Fsp3) is 0.889. The Labute approximate surface area is 73.7 Å². The smallest absolute Gasteiger partial charge is 0.222 e. The van der Waals surface area contributed by atoms with Crippen molar-refractivity contribution in [2.24, 2.45) is 0 Å². The van der Waals surface area contributed by atoms with Crippen molar-refractivity contribution in [3.8, 4) is 0 Å². The van der Waals surface area contributed by atoms with E-state index in [-0.39, 0.29) is 5.91 Å². The Kier molecular flexibility index (Phi) is 3.53. The van der Waals surface area contributed by atoms with Crippen LogP contribution in [0.3, 0.4) is 0 Å². The molecule has 0 aromatic carbocycles. The van der Waals surface area contributed by atoms with Crippen molar-refractivity contribution < 1.29 is 9.53 Å². The number of nitrogens with zero attached hydrogens (tertiary/aromatic N) is 1. The van der Waals surface area contributed by atoms with Gasteiger partial charge in [0.15, 0.2) is 0 Å².